The lowest BCUT2D eigenvalue weighted by atomic mass is 10.1. The summed E-state index contributed by atoms with van der Waals surface area (Å²) in [6.07, 6.45) is 0. The summed E-state index contributed by atoms with van der Waals surface area (Å²) < 4.78 is 0. The quantitative estimate of drug-likeness (QED) is 0.634. The van der Waals surface area contributed by atoms with Crippen LogP contribution in [0.1, 0.15) is 25.0 Å². The fourth-order valence-corrected chi connectivity index (χ4v) is 2.20. The summed E-state index contributed by atoms with van der Waals surface area (Å²) in [6, 6.07) is 18.7. The van der Waals surface area contributed by atoms with Gasteiger partial charge in [0.15, 0.2) is 5.96 Å². The Bertz CT molecular complexity index is 635. The molecule has 4 nitrogen and oxygen atoms in total. The number of nitrogens with one attached hydrogen (secondary N) is 1. The molecule has 23 heavy (non-hydrogen) atoms. The van der Waals surface area contributed by atoms with E-state index in [1.54, 1.807) is 0 Å². The molecular formula is C19H26N4. The molecule has 0 radical (unpaired) electrons. The predicted octanol–water partition coefficient (Wildman–Crippen LogP) is 3.45. The first-order chi connectivity index (χ1) is 11.1. The molecule has 4 heteroatoms. The molecule has 2 aromatic rings. The van der Waals surface area contributed by atoms with Crippen LogP contribution in [0.5, 0.6) is 0 Å². The van der Waals surface area contributed by atoms with Crippen LogP contribution in [0.2, 0.25) is 0 Å². The average molecular weight is 310 g/mol. The SMILES string of the molecule is CC(C)N(C)Cc1ccccc1CN=C(N)Nc1ccccc1. The van der Waals surface area contributed by atoms with Crippen molar-refractivity contribution in [2.45, 2.75) is 33.0 Å². The standard InChI is InChI=1S/C19H26N4/c1-15(2)23(3)14-17-10-8-7-9-16(17)13-21-19(20)22-18-11-5-4-6-12-18/h4-12,15H,13-14H2,1-3H3,(H3,20,21,22). The highest BCUT2D eigenvalue weighted by Crippen LogP contribution is 2.14. The molecule has 122 valence electrons. The molecule has 0 fully saturated rings. The molecule has 0 aliphatic heterocycles. The molecule has 0 spiro atoms. The second-order valence-electron chi connectivity index (χ2n) is 5.97. The summed E-state index contributed by atoms with van der Waals surface area (Å²) in [5.41, 5.74) is 9.43. The van der Waals surface area contributed by atoms with E-state index in [2.05, 4.69) is 54.3 Å². The van der Waals surface area contributed by atoms with Gasteiger partial charge in [0, 0.05) is 18.3 Å². The third-order valence-corrected chi connectivity index (χ3v) is 3.89. The minimum Gasteiger partial charge on any atom is -0.370 e. The van der Waals surface area contributed by atoms with E-state index in [4.69, 9.17) is 5.73 Å². The number of rotatable bonds is 6. The van der Waals surface area contributed by atoms with E-state index >= 15 is 0 Å². The van der Waals surface area contributed by atoms with Crippen molar-refractivity contribution in [3.05, 3.63) is 65.7 Å². The molecule has 0 heterocycles. The number of nitrogens with zero attached hydrogens (tertiary/aromatic N) is 2. The van der Waals surface area contributed by atoms with Crippen molar-refractivity contribution < 1.29 is 0 Å². The highest BCUT2D eigenvalue weighted by atomic mass is 15.1. The molecule has 0 unspecified atom stereocenters. The zero-order valence-corrected chi connectivity index (χ0v) is 14.2. The third-order valence-electron chi connectivity index (χ3n) is 3.89. The first kappa shape index (κ1) is 17.0. The fraction of sp³-hybridized carbons (Fsp3) is 0.316. The van der Waals surface area contributed by atoms with Crippen molar-refractivity contribution in [1.82, 2.24) is 4.90 Å². The fourth-order valence-electron chi connectivity index (χ4n) is 2.20. The molecular weight excluding hydrogens is 284 g/mol. The lowest BCUT2D eigenvalue weighted by Gasteiger charge is -2.22. The van der Waals surface area contributed by atoms with E-state index in [-0.39, 0.29) is 0 Å². The van der Waals surface area contributed by atoms with Crippen LogP contribution in [-0.2, 0) is 13.1 Å². The van der Waals surface area contributed by atoms with Gasteiger partial charge >= 0.3 is 0 Å². The number of para-hydroxylation sites is 1. The molecule has 0 aliphatic rings. The summed E-state index contributed by atoms with van der Waals surface area (Å²) in [7, 11) is 2.13. The van der Waals surface area contributed by atoms with Crippen LogP contribution >= 0.6 is 0 Å². The van der Waals surface area contributed by atoms with Crippen LogP contribution in [0.3, 0.4) is 0 Å². The van der Waals surface area contributed by atoms with Gasteiger partial charge in [-0.05, 0) is 44.2 Å². The van der Waals surface area contributed by atoms with Crippen molar-refractivity contribution in [3.8, 4) is 0 Å². The predicted molar refractivity (Wildman–Crippen MR) is 98.4 cm³/mol. The minimum atomic E-state index is 0.434. The molecule has 2 rings (SSSR count). The van der Waals surface area contributed by atoms with Gasteiger partial charge in [-0.3, -0.25) is 4.90 Å². The highest BCUT2D eigenvalue weighted by molar-refractivity contribution is 5.92. The molecule has 0 aliphatic carbocycles. The van der Waals surface area contributed by atoms with Gasteiger partial charge in [-0.2, -0.15) is 0 Å². The lowest BCUT2D eigenvalue weighted by molar-refractivity contribution is 0.265. The number of hydrogen-bond donors (Lipinski definition) is 2. The summed E-state index contributed by atoms with van der Waals surface area (Å²) in [5, 5.41) is 3.11. The van der Waals surface area contributed by atoms with Crippen molar-refractivity contribution in [2.75, 3.05) is 12.4 Å². The molecule has 0 bridgehead atoms. The van der Waals surface area contributed by atoms with Gasteiger partial charge in [-0.15, -0.1) is 0 Å². The molecule has 0 saturated heterocycles. The average Bonchev–Trinajstić information content (AvgIpc) is 2.55. The van der Waals surface area contributed by atoms with Gasteiger partial charge in [0.1, 0.15) is 0 Å². The number of anilines is 1. The maximum Gasteiger partial charge on any atom is 0.193 e. The summed E-state index contributed by atoms with van der Waals surface area (Å²) in [4.78, 5) is 6.78. The molecule has 0 atom stereocenters. The number of hydrogen-bond acceptors (Lipinski definition) is 2. The van der Waals surface area contributed by atoms with Crippen LogP contribution in [0.15, 0.2) is 59.6 Å². The Morgan fingerprint density at radius 3 is 2.30 bits per heavy atom. The van der Waals surface area contributed by atoms with Crippen LogP contribution < -0.4 is 11.1 Å². The second-order valence-corrected chi connectivity index (χ2v) is 5.97. The Morgan fingerprint density at radius 2 is 1.65 bits per heavy atom. The van der Waals surface area contributed by atoms with E-state index in [1.165, 1.54) is 11.1 Å². The first-order valence-electron chi connectivity index (χ1n) is 7.95. The normalized spacial score (nSPS) is 12.0. The van der Waals surface area contributed by atoms with Crippen LogP contribution in [-0.4, -0.2) is 23.9 Å². The highest BCUT2D eigenvalue weighted by Gasteiger charge is 2.07. The van der Waals surface area contributed by atoms with Crippen molar-refractivity contribution in [1.29, 1.82) is 0 Å². The summed E-state index contributed by atoms with van der Waals surface area (Å²) in [6.45, 7) is 5.88. The third kappa shape index (κ3) is 5.42. The van der Waals surface area contributed by atoms with E-state index in [0.29, 0.717) is 18.5 Å². The molecule has 3 N–H and O–H groups in total. The van der Waals surface area contributed by atoms with Crippen LogP contribution in [0, 0.1) is 0 Å². The van der Waals surface area contributed by atoms with Crippen molar-refractivity contribution >= 4 is 11.6 Å². The topological polar surface area (TPSA) is 53.6 Å². The van der Waals surface area contributed by atoms with Crippen LogP contribution in [0.4, 0.5) is 5.69 Å². The van der Waals surface area contributed by atoms with E-state index in [0.717, 1.165) is 12.2 Å². The monoisotopic (exact) mass is 310 g/mol. The van der Waals surface area contributed by atoms with Gasteiger partial charge in [0.05, 0.1) is 6.54 Å². The number of guanidine groups is 1. The number of nitrogens with two attached hydrogens (primary N) is 1. The Balaban J connectivity index is 2.03. The van der Waals surface area contributed by atoms with E-state index in [1.807, 2.05) is 36.4 Å². The molecule has 0 aromatic heterocycles. The van der Waals surface area contributed by atoms with E-state index in [9.17, 15) is 0 Å². The van der Waals surface area contributed by atoms with Crippen LogP contribution in [0.25, 0.3) is 0 Å². The zero-order valence-electron chi connectivity index (χ0n) is 14.2. The number of benzene rings is 2. The second kappa shape index (κ2) is 8.34. The van der Waals surface area contributed by atoms with Crippen molar-refractivity contribution in [3.63, 3.8) is 0 Å². The maximum atomic E-state index is 5.98. The minimum absolute atomic E-state index is 0.434. The maximum absolute atomic E-state index is 5.98. The Labute approximate surface area is 139 Å². The lowest BCUT2D eigenvalue weighted by Crippen LogP contribution is -2.26. The van der Waals surface area contributed by atoms with Gasteiger partial charge in [0.2, 0.25) is 0 Å². The number of aliphatic imine (C=N–C) groups is 1. The Hall–Kier alpha value is -2.33. The summed E-state index contributed by atoms with van der Waals surface area (Å²) in [5.74, 6) is 0.434. The smallest absolute Gasteiger partial charge is 0.193 e. The molecule has 0 saturated carbocycles. The van der Waals surface area contributed by atoms with E-state index < -0.39 is 0 Å². The largest absolute Gasteiger partial charge is 0.370 e. The molecule has 2 aromatic carbocycles. The zero-order chi connectivity index (χ0) is 16.7. The Kier molecular flexibility index (Phi) is 6.18. The Morgan fingerprint density at radius 1 is 1.04 bits per heavy atom. The van der Waals surface area contributed by atoms with Gasteiger partial charge in [-0.25, -0.2) is 4.99 Å². The first-order valence-corrected chi connectivity index (χ1v) is 7.95. The summed E-state index contributed by atoms with van der Waals surface area (Å²) >= 11 is 0. The molecule has 0 amide bonds. The van der Waals surface area contributed by atoms with Gasteiger partial charge in [-0.1, -0.05) is 42.5 Å². The van der Waals surface area contributed by atoms with Gasteiger partial charge in [0.25, 0.3) is 0 Å². The van der Waals surface area contributed by atoms with Crippen molar-refractivity contribution in [2.24, 2.45) is 10.7 Å². The van der Waals surface area contributed by atoms with Gasteiger partial charge < -0.3 is 11.1 Å².